The van der Waals surface area contributed by atoms with Gasteiger partial charge in [0.25, 0.3) is 0 Å². The molecule has 1 fully saturated rings. The Balaban J connectivity index is 2.32. The molecule has 0 radical (unpaired) electrons. The molecule has 1 saturated heterocycles. The van der Waals surface area contributed by atoms with Crippen LogP contribution in [0, 0.1) is 0 Å². The van der Waals surface area contributed by atoms with E-state index in [0.29, 0.717) is 5.11 Å². The largest absolute Gasteiger partial charge is 0.363 e. The Kier molecular flexibility index (Phi) is 6.26. The van der Waals surface area contributed by atoms with Crippen LogP contribution >= 0.6 is 12.2 Å². The lowest BCUT2D eigenvalue weighted by atomic mass is 10.1. The van der Waals surface area contributed by atoms with Crippen molar-refractivity contribution >= 4 is 23.2 Å². The summed E-state index contributed by atoms with van der Waals surface area (Å²) in [6, 6.07) is -0.232. The summed E-state index contributed by atoms with van der Waals surface area (Å²) < 4.78 is 0. The summed E-state index contributed by atoms with van der Waals surface area (Å²) in [6.07, 6.45) is 4.51. The molecule has 1 unspecified atom stereocenters. The van der Waals surface area contributed by atoms with Crippen molar-refractivity contribution in [2.24, 2.45) is 0 Å². The molecule has 1 amide bonds. The summed E-state index contributed by atoms with van der Waals surface area (Å²) in [5.41, 5.74) is 0. The van der Waals surface area contributed by atoms with Crippen molar-refractivity contribution in [2.45, 2.75) is 45.6 Å². The number of carbonyl (C=O) groups excluding carboxylic acids is 1. The van der Waals surface area contributed by atoms with Crippen LogP contribution in [0.2, 0.25) is 0 Å². The third-order valence-corrected chi connectivity index (χ3v) is 3.18. The lowest BCUT2D eigenvalue weighted by Crippen LogP contribution is -2.50. The summed E-state index contributed by atoms with van der Waals surface area (Å²) >= 11 is 5.12. The number of hydrogen-bond acceptors (Lipinski definition) is 2. The van der Waals surface area contributed by atoms with Crippen LogP contribution in [-0.4, -0.2) is 41.6 Å². The zero-order valence-corrected chi connectivity index (χ0v) is 11.6. The van der Waals surface area contributed by atoms with E-state index in [1.165, 1.54) is 6.42 Å². The highest BCUT2D eigenvalue weighted by Gasteiger charge is 2.22. The molecule has 0 aromatic heterocycles. The van der Waals surface area contributed by atoms with Crippen LogP contribution in [-0.2, 0) is 4.79 Å². The van der Waals surface area contributed by atoms with Crippen LogP contribution in [0.3, 0.4) is 0 Å². The zero-order chi connectivity index (χ0) is 12.7. The topological polar surface area (TPSA) is 44.4 Å². The van der Waals surface area contributed by atoms with Crippen LogP contribution in [0.15, 0.2) is 0 Å². The predicted octanol–water partition coefficient (Wildman–Crippen LogP) is 1.26. The van der Waals surface area contributed by atoms with Crippen molar-refractivity contribution in [2.75, 3.05) is 19.6 Å². The first-order chi connectivity index (χ1) is 8.15. The minimum absolute atomic E-state index is 0.158. The van der Waals surface area contributed by atoms with E-state index >= 15 is 0 Å². The fourth-order valence-corrected chi connectivity index (χ4v) is 2.21. The molecular formula is C12H23N3OS. The molecular weight excluding hydrogens is 234 g/mol. The maximum Gasteiger partial charge on any atom is 0.244 e. The number of piperidine rings is 1. The van der Waals surface area contributed by atoms with Gasteiger partial charge < -0.3 is 15.5 Å². The van der Waals surface area contributed by atoms with Crippen molar-refractivity contribution in [3.8, 4) is 0 Å². The minimum Gasteiger partial charge on any atom is -0.363 e. The lowest BCUT2D eigenvalue weighted by molar-refractivity contribution is -0.133. The quantitative estimate of drug-likeness (QED) is 0.744. The summed E-state index contributed by atoms with van der Waals surface area (Å²) in [5.74, 6) is 0.158. The van der Waals surface area contributed by atoms with Gasteiger partial charge in [-0.05, 0) is 44.8 Å². The fraction of sp³-hybridized carbons (Fsp3) is 0.833. The number of thiocarbonyl (C=S) groups is 1. The van der Waals surface area contributed by atoms with Gasteiger partial charge in [-0.15, -0.1) is 0 Å². The van der Waals surface area contributed by atoms with Gasteiger partial charge in [0.15, 0.2) is 5.11 Å². The van der Waals surface area contributed by atoms with Gasteiger partial charge in [-0.25, -0.2) is 0 Å². The van der Waals surface area contributed by atoms with Gasteiger partial charge in [0.1, 0.15) is 6.04 Å². The Morgan fingerprint density at radius 1 is 1.35 bits per heavy atom. The second kappa shape index (κ2) is 7.48. The number of carbonyl (C=O) groups is 1. The van der Waals surface area contributed by atoms with Gasteiger partial charge in [-0.2, -0.15) is 0 Å². The number of rotatable bonds is 4. The van der Waals surface area contributed by atoms with Gasteiger partial charge in [0.2, 0.25) is 5.91 Å². The molecule has 0 saturated carbocycles. The molecule has 1 aliphatic rings. The highest BCUT2D eigenvalue weighted by Crippen LogP contribution is 2.09. The molecule has 0 bridgehead atoms. The van der Waals surface area contributed by atoms with Gasteiger partial charge in [-0.3, -0.25) is 4.79 Å². The molecule has 0 aromatic carbocycles. The first-order valence-electron chi connectivity index (χ1n) is 6.48. The van der Waals surface area contributed by atoms with Crippen LogP contribution in [0.5, 0.6) is 0 Å². The van der Waals surface area contributed by atoms with Gasteiger partial charge in [0, 0.05) is 19.6 Å². The Hall–Kier alpha value is -0.840. The van der Waals surface area contributed by atoms with E-state index in [9.17, 15) is 4.79 Å². The molecule has 1 heterocycles. The molecule has 1 rings (SSSR count). The van der Waals surface area contributed by atoms with Crippen LogP contribution in [0.4, 0.5) is 0 Å². The molecule has 1 atom stereocenters. The average Bonchev–Trinajstić information content (AvgIpc) is 2.36. The first kappa shape index (κ1) is 14.2. The third kappa shape index (κ3) is 4.89. The highest BCUT2D eigenvalue weighted by atomic mass is 32.1. The van der Waals surface area contributed by atoms with Gasteiger partial charge in [-0.1, -0.05) is 6.92 Å². The molecule has 0 aromatic rings. The fourth-order valence-electron chi connectivity index (χ4n) is 1.94. The van der Waals surface area contributed by atoms with E-state index in [-0.39, 0.29) is 11.9 Å². The van der Waals surface area contributed by atoms with E-state index in [0.717, 1.165) is 38.9 Å². The molecule has 4 nitrogen and oxygen atoms in total. The lowest BCUT2D eigenvalue weighted by Gasteiger charge is -2.29. The van der Waals surface area contributed by atoms with Crippen LogP contribution in [0.1, 0.15) is 39.5 Å². The number of amides is 1. The van der Waals surface area contributed by atoms with Gasteiger partial charge >= 0.3 is 0 Å². The summed E-state index contributed by atoms with van der Waals surface area (Å²) in [5, 5.41) is 6.69. The van der Waals surface area contributed by atoms with Crippen LogP contribution in [0.25, 0.3) is 0 Å². The van der Waals surface area contributed by atoms with Crippen molar-refractivity contribution in [3.05, 3.63) is 0 Å². The SMILES string of the molecule is CCCNC(=S)NC(C)C(=O)N1CCCCC1. The van der Waals surface area contributed by atoms with Crippen molar-refractivity contribution < 1.29 is 4.79 Å². The Morgan fingerprint density at radius 3 is 2.59 bits per heavy atom. The molecule has 0 aliphatic carbocycles. The number of nitrogens with zero attached hydrogens (tertiary/aromatic N) is 1. The second-order valence-electron chi connectivity index (χ2n) is 4.51. The summed E-state index contributed by atoms with van der Waals surface area (Å²) in [7, 11) is 0. The maximum atomic E-state index is 12.1. The van der Waals surface area contributed by atoms with E-state index in [1.54, 1.807) is 0 Å². The maximum absolute atomic E-state index is 12.1. The molecule has 17 heavy (non-hydrogen) atoms. The molecule has 5 heteroatoms. The minimum atomic E-state index is -0.232. The van der Waals surface area contributed by atoms with Crippen molar-refractivity contribution in [1.29, 1.82) is 0 Å². The number of likely N-dealkylation sites (tertiary alicyclic amines) is 1. The normalized spacial score (nSPS) is 17.4. The molecule has 98 valence electrons. The molecule has 2 N–H and O–H groups in total. The van der Waals surface area contributed by atoms with E-state index in [2.05, 4.69) is 17.6 Å². The Morgan fingerprint density at radius 2 is 2.00 bits per heavy atom. The molecule has 1 aliphatic heterocycles. The highest BCUT2D eigenvalue weighted by molar-refractivity contribution is 7.80. The van der Waals surface area contributed by atoms with Crippen molar-refractivity contribution in [3.63, 3.8) is 0 Å². The number of nitrogens with one attached hydrogen (secondary N) is 2. The Bertz CT molecular complexity index is 264. The van der Waals surface area contributed by atoms with Gasteiger partial charge in [0.05, 0.1) is 0 Å². The first-order valence-corrected chi connectivity index (χ1v) is 6.89. The third-order valence-electron chi connectivity index (χ3n) is 2.92. The summed E-state index contributed by atoms with van der Waals surface area (Å²) in [6.45, 7) is 6.57. The standard InChI is InChI=1S/C12H23N3OS/c1-3-7-13-12(17)14-10(2)11(16)15-8-5-4-6-9-15/h10H,3-9H2,1-2H3,(H2,13,14,17). The molecule has 0 spiro atoms. The van der Waals surface area contributed by atoms with E-state index in [4.69, 9.17) is 12.2 Å². The zero-order valence-electron chi connectivity index (χ0n) is 10.8. The summed E-state index contributed by atoms with van der Waals surface area (Å²) in [4.78, 5) is 14.0. The average molecular weight is 257 g/mol. The van der Waals surface area contributed by atoms with E-state index < -0.39 is 0 Å². The van der Waals surface area contributed by atoms with Crippen molar-refractivity contribution in [1.82, 2.24) is 15.5 Å². The van der Waals surface area contributed by atoms with Crippen LogP contribution < -0.4 is 10.6 Å². The Labute approximate surface area is 109 Å². The van der Waals surface area contributed by atoms with E-state index in [1.807, 2.05) is 11.8 Å². The second-order valence-corrected chi connectivity index (χ2v) is 4.92. The predicted molar refractivity (Wildman–Crippen MR) is 73.9 cm³/mol. The number of hydrogen-bond donors (Lipinski definition) is 2. The monoisotopic (exact) mass is 257 g/mol. The smallest absolute Gasteiger partial charge is 0.244 e.